The molecule has 11 nitrogen and oxygen atoms in total. The molecule has 4 aromatic rings. The number of aliphatic carboxylic acids is 1. The van der Waals surface area contributed by atoms with Crippen molar-refractivity contribution < 1.29 is 33.7 Å². The van der Waals surface area contributed by atoms with Gasteiger partial charge in [-0.1, -0.05) is 30.3 Å². The van der Waals surface area contributed by atoms with Crippen molar-refractivity contribution in [3.05, 3.63) is 119 Å². The van der Waals surface area contributed by atoms with Gasteiger partial charge < -0.3 is 24.6 Å². The molecule has 0 bridgehead atoms. The standard InChI is InChI=1S/C37H32N4O7/c1-37(35(43)44)32(26-13-18-29(47-3)30(19-26)48-4)31(34(42)25-11-7-23(21-39)8-12-25)33(24-9-5-22(20-38)6-10-24)41(37)36(45)40-27-14-16-28(46-2)17-15-27/h5-19,31-33H,1-4H3,(H,40,45)(H,43,44). The maximum Gasteiger partial charge on any atom is 0.330 e. The molecule has 2 N–H and O–H groups in total. The number of ketones is 1. The molecule has 11 heteroatoms. The van der Waals surface area contributed by atoms with Gasteiger partial charge in [-0.05, 0) is 78.7 Å². The number of carbonyl (C=O) groups excluding carboxylic acids is 2. The van der Waals surface area contributed by atoms with Gasteiger partial charge in [0.2, 0.25) is 0 Å². The summed E-state index contributed by atoms with van der Waals surface area (Å²) >= 11 is 0. The Hall–Kier alpha value is -6.33. The number of carbonyl (C=O) groups is 3. The van der Waals surface area contributed by atoms with Crippen molar-refractivity contribution in [3.8, 4) is 29.4 Å². The van der Waals surface area contributed by atoms with Crippen molar-refractivity contribution in [2.24, 2.45) is 5.92 Å². The largest absolute Gasteiger partial charge is 0.497 e. The number of amides is 2. The number of benzene rings is 4. The first kappa shape index (κ1) is 33.0. The zero-order valence-corrected chi connectivity index (χ0v) is 26.6. The summed E-state index contributed by atoms with van der Waals surface area (Å²) in [6.45, 7) is 1.42. The van der Waals surface area contributed by atoms with E-state index in [4.69, 9.17) is 14.2 Å². The van der Waals surface area contributed by atoms with E-state index in [0.717, 1.165) is 0 Å². The summed E-state index contributed by atoms with van der Waals surface area (Å²) in [6.07, 6.45) is 0. The highest BCUT2D eigenvalue weighted by atomic mass is 16.5. The van der Waals surface area contributed by atoms with Crippen molar-refractivity contribution in [1.82, 2.24) is 4.90 Å². The molecule has 0 radical (unpaired) electrons. The fourth-order valence-corrected chi connectivity index (χ4v) is 6.45. The van der Waals surface area contributed by atoms with Crippen molar-refractivity contribution in [2.75, 3.05) is 26.6 Å². The molecule has 4 unspecified atom stereocenters. The molecule has 0 spiro atoms. The number of nitriles is 2. The summed E-state index contributed by atoms with van der Waals surface area (Å²) in [5.41, 5.74) is 0.142. The Morgan fingerprint density at radius 2 is 1.33 bits per heavy atom. The Bertz CT molecular complexity index is 1930. The summed E-state index contributed by atoms with van der Waals surface area (Å²) in [5.74, 6) is -2.82. The predicted octanol–water partition coefficient (Wildman–Crippen LogP) is 6.17. The molecule has 4 atom stereocenters. The van der Waals surface area contributed by atoms with Crippen molar-refractivity contribution >= 4 is 23.5 Å². The fraction of sp³-hybridized carbons (Fsp3) is 0.216. The lowest BCUT2D eigenvalue weighted by molar-refractivity contribution is -0.148. The molecular weight excluding hydrogens is 612 g/mol. The molecule has 1 saturated heterocycles. The average molecular weight is 645 g/mol. The zero-order valence-electron chi connectivity index (χ0n) is 26.6. The number of carboxylic acid groups (broad SMARTS) is 1. The average Bonchev–Trinajstić information content (AvgIpc) is 3.41. The van der Waals surface area contributed by atoms with Crippen molar-refractivity contribution in [1.29, 1.82) is 10.5 Å². The quantitative estimate of drug-likeness (QED) is 0.203. The Kier molecular flexibility index (Phi) is 9.34. The number of rotatable bonds is 9. The van der Waals surface area contributed by atoms with Gasteiger partial charge in [0.05, 0.1) is 56.6 Å². The number of hydrogen-bond acceptors (Lipinski definition) is 8. The molecule has 5 rings (SSSR count). The normalized spacial score (nSPS) is 19.8. The number of anilines is 1. The first-order chi connectivity index (χ1) is 23.1. The summed E-state index contributed by atoms with van der Waals surface area (Å²) in [7, 11) is 4.43. The Morgan fingerprint density at radius 1 is 0.771 bits per heavy atom. The number of ether oxygens (including phenoxy) is 3. The van der Waals surface area contributed by atoms with Gasteiger partial charge in [0.1, 0.15) is 11.3 Å². The topological polar surface area (TPSA) is 162 Å². The lowest BCUT2D eigenvalue weighted by atomic mass is 9.71. The molecule has 1 heterocycles. The third-order valence-corrected chi connectivity index (χ3v) is 8.83. The van der Waals surface area contributed by atoms with Crippen LogP contribution in [0.3, 0.4) is 0 Å². The highest BCUT2D eigenvalue weighted by molar-refractivity contribution is 6.03. The summed E-state index contributed by atoms with van der Waals surface area (Å²) in [4.78, 5) is 44.0. The minimum absolute atomic E-state index is 0.230. The third kappa shape index (κ3) is 5.85. The number of hydrogen-bond donors (Lipinski definition) is 2. The van der Waals surface area contributed by atoms with Crippen LogP contribution in [0.25, 0.3) is 0 Å². The second kappa shape index (κ2) is 13.6. The number of Topliss-reactive ketones (excluding diaryl/α,β-unsaturated/α-hetero) is 1. The van der Waals surface area contributed by atoms with Crippen LogP contribution >= 0.6 is 0 Å². The minimum atomic E-state index is -2.01. The number of likely N-dealkylation sites (tertiary alicyclic amines) is 1. The van der Waals surface area contributed by atoms with Crippen molar-refractivity contribution in [3.63, 3.8) is 0 Å². The molecule has 1 fully saturated rings. The lowest BCUT2D eigenvalue weighted by Gasteiger charge is -2.37. The van der Waals surface area contributed by atoms with Crippen LogP contribution < -0.4 is 19.5 Å². The van der Waals surface area contributed by atoms with Gasteiger partial charge in [0, 0.05) is 17.2 Å². The van der Waals surface area contributed by atoms with Crippen LogP contribution in [-0.4, -0.2) is 54.7 Å². The second-order valence-corrected chi connectivity index (χ2v) is 11.3. The van der Waals surface area contributed by atoms with Crippen LogP contribution in [0, 0.1) is 28.6 Å². The molecular formula is C37H32N4O7. The zero-order chi connectivity index (χ0) is 34.6. The lowest BCUT2D eigenvalue weighted by Crippen LogP contribution is -2.55. The van der Waals surface area contributed by atoms with E-state index in [1.165, 1.54) is 57.4 Å². The van der Waals surface area contributed by atoms with Gasteiger partial charge in [0.25, 0.3) is 0 Å². The Labute approximate surface area is 277 Å². The van der Waals surface area contributed by atoms with E-state index in [2.05, 4.69) is 11.4 Å². The first-order valence-corrected chi connectivity index (χ1v) is 14.8. The first-order valence-electron chi connectivity index (χ1n) is 14.8. The molecule has 0 aromatic heterocycles. The molecule has 4 aromatic carbocycles. The third-order valence-electron chi connectivity index (χ3n) is 8.83. The van der Waals surface area contributed by atoms with Crippen molar-refractivity contribution in [2.45, 2.75) is 24.4 Å². The van der Waals surface area contributed by atoms with Gasteiger partial charge in [-0.25, -0.2) is 9.59 Å². The van der Waals surface area contributed by atoms with Gasteiger partial charge in [-0.3, -0.25) is 9.69 Å². The number of carboxylic acids is 1. The van der Waals surface area contributed by atoms with Gasteiger partial charge >= 0.3 is 12.0 Å². The molecule has 0 aliphatic carbocycles. The van der Waals surface area contributed by atoms with E-state index in [9.17, 15) is 30.0 Å². The molecule has 1 aliphatic heterocycles. The summed E-state index contributed by atoms with van der Waals surface area (Å²) in [5, 5.41) is 32.8. The minimum Gasteiger partial charge on any atom is -0.497 e. The van der Waals surface area contributed by atoms with E-state index in [-0.39, 0.29) is 5.56 Å². The second-order valence-electron chi connectivity index (χ2n) is 11.3. The van der Waals surface area contributed by atoms with E-state index in [0.29, 0.717) is 45.2 Å². The number of nitrogens with one attached hydrogen (secondary N) is 1. The number of urea groups is 1. The maximum absolute atomic E-state index is 14.8. The van der Waals surface area contributed by atoms with Gasteiger partial charge in [0.15, 0.2) is 17.3 Å². The monoisotopic (exact) mass is 644 g/mol. The SMILES string of the molecule is COc1ccc(NC(=O)N2C(c3ccc(C#N)cc3)C(C(=O)c3ccc(C#N)cc3)C(c3ccc(OC)c(OC)c3)C2(C)C(=O)O)cc1. The molecule has 242 valence electrons. The highest BCUT2D eigenvalue weighted by Gasteiger charge is 2.65. The van der Waals surface area contributed by atoms with Crippen LogP contribution in [-0.2, 0) is 4.79 Å². The van der Waals surface area contributed by atoms with E-state index in [1.54, 1.807) is 66.7 Å². The Balaban J connectivity index is 1.79. The van der Waals surface area contributed by atoms with E-state index < -0.39 is 41.2 Å². The van der Waals surface area contributed by atoms with Gasteiger partial charge in [-0.2, -0.15) is 10.5 Å². The molecule has 48 heavy (non-hydrogen) atoms. The van der Waals surface area contributed by atoms with Crippen LogP contribution in [0.1, 0.15) is 51.5 Å². The Morgan fingerprint density at radius 3 is 1.85 bits per heavy atom. The van der Waals surface area contributed by atoms with Crippen LogP contribution in [0.2, 0.25) is 0 Å². The molecule has 2 amide bonds. The molecule has 1 aliphatic rings. The van der Waals surface area contributed by atoms with Crippen LogP contribution in [0.15, 0.2) is 91.0 Å². The van der Waals surface area contributed by atoms with Crippen LogP contribution in [0.5, 0.6) is 17.2 Å². The summed E-state index contributed by atoms with van der Waals surface area (Å²) in [6, 6.07) is 26.0. The van der Waals surface area contributed by atoms with Gasteiger partial charge in [-0.15, -0.1) is 0 Å². The molecule has 0 saturated carbocycles. The maximum atomic E-state index is 14.8. The number of nitrogens with zero attached hydrogens (tertiary/aromatic N) is 3. The van der Waals surface area contributed by atoms with Crippen LogP contribution in [0.4, 0.5) is 10.5 Å². The fourth-order valence-electron chi connectivity index (χ4n) is 6.45. The number of methoxy groups -OCH3 is 3. The summed E-state index contributed by atoms with van der Waals surface area (Å²) < 4.78 is 16.2. The smallest absolute Gasteiger partial charge is 0.330 e. The van der Waals surface area contributed by atoms with E-state index >= 15 is 0 Å². The predicted molar refractivity (Wildman–Crippen MR) is 175 cm³/mol. The highest BCUT2D eigenvalue weighted by Crippen LogP contribution is 2.57. The van der Waals surface area contributed by atoms with E-state index in [1.807, 2.05) is 6.07 Å².